The molecule has 0 saturated heterocycles. The summed E-state index contributed by atoms with van der Waals surface area (Å²) in [6.45, 7) is 1.43. The molecule has 2 N–H and O–H groups in total. The van der Waals surface area contributed by atoms with E-state index in [4.69, 9.17) is 0 Å². The molecule has 6 nitrogen and oxygen atoms in total. The lowest BCUT2D eigenvalue weighted by Crippen LogP contribution is -2.13. The molecule has 2 amide bonds. The van der Waals surface area contributed by atoms with Crippen molar-refractivity contribution in [1.82, 2.24) is 9.97 Å². The monoisotopic (exact) mass is 456 g/mol. The fourth-order valence-corrected chi connectivity index (χ4v) is 4.49. The van der Waals surface area contributed by atoms with Gasteiger partial charge in [-0.15, -0.1) is 0 Å². The minimum absolute atomic E-state index is 0.191. The highest BCUT2D eigenvalue weighted by Gasteiger charge is 2.15. The van der Waals surface area contributed by atoms with Gasteiger partial charge in [-0.05, 0) is 54.6 Å². The zero-order valence-electron chi connectivity index (χ0n) is 17.4. The number of benzene rings is 3. The maximum absolute atomic E-state index is 13.4. The van der Waals surface area contributed by atoms with E-state index in [1.165, 1.54) is 30.4 Å². The van der Waals surface area contributed by atoms with Crippen LogP contribution in [0, 0.1) is 5.82 Å². The quantitative estimate of drug-likeness (QED) is 0.355. The first-order chi connectivity index (χ1) is 16.0. The van der Waals surface area contributed by atoms with Gasteiger partial charge < -0.3 is 10.6 Å². The van der Waals surface area contributed by atoms with Gasteiger partial charge in [-0.25, -0.2) is 14.4 Å². The van der Waals surface area contributed by atoms with Crippen LogP contribution in [0.2, 0.25) is 0 Å². The minimum Gasteiger partial charge on any atom is -0.322 e. The Bertz CT molecular complexity index is 1530. The number of anilines is 2. The number of hydrogen-bond donors (Lipinski definition) is 2. The number of nitrogens with zero attached hydrogens (tertiary/aromatic N) is 2. The van der Waals surface area contributed by atoms with Crippen molar-refractivity contribution in [2.75, 3.05) is 10.6 Å². The number of thiazole rings is 1. The SMILES string of the molecule is CC(=O)Nc1nc2ccc(NC(=O)c3cc(-c4ccc(F)cc4)nc4ccccc34)cc2s1. The zero-order chi connectivity index (χ0) is 22.9. The van der Waals surface area contributed by atoms with E-state index in [0.29, 0.717) is 38.5 Å². The van der Waals surface area contributed by atoms with Crippen LogP contribution in [0.1, 0.15) is 17.3 Å². The van der Waals surface area contributed by atoms with Gasteiger partial charge in [0.15, 0.2) is 5.13 Å². The second kappa shape index (κ2) is 8.40. The molecule has 2 aromatic heterocycles. The van der Waals surface area contributed by atoms with Crippen molar-refractivity contribution >= 4 is 55.1 Å². The van der Waals surface area contributed by atoms with Crippen LogP contribution >= 0.6 is 11.3 Å². The van der Waals surface area contributed by atoms with Crippen molar-refractivity contribution in [3.63, 3.8) is 0 Å². The Morgan fingerprint density at radius 1 is 0.879 bits per heavy atom. The molecule has 0 aliphatic rings. The second-order valence-corrected chi connectivity index (χ2v) is 8.45. The van der Waals surface area contributed by atoms with E-state index in [0.717, 1.165) is 10.2 Å². The summed E-state index contributed by atoms with van der Waals surface area (Å²) in [5.74, 6) is -0.815. The summed E-state index contributed by atoms with van der Waals surface area (Å²) in [6, 6.07) is 20.5. The molecule has 0 unspecified atom stereocenters. The van der Waals surface area contributed by atoms with E-state index in [1.54, 1.807) is 30.3 Å². The maximum atomic E-state index is 13.4. The third-order valence-corrected chi connectivity index (χ3v) is 5.96. The fraction of sp³-hybridized carbons (Fsp3) is 0.0400. The lowest BCUT2D eigenvalue weighted by atomic mass is 10.0. The molecule has 8 heteroatoms. The number of carbonyl (C=O) groups excluding carboxylic acids is 2. The van der Waals surface area contributed by atoms with E-state index in [2.05, 4.69) is 20.6 Å². The van der Waals surface area contributed by atoms with E-state index >= 15 is 0 Å². The summed E-state index contributed by atoms with van der Waals surface area (Å²) < 4.78 is 14.2. The number of hydrogen-bond acceptors (Lipinski definition) is 5. The topological polar surface area (TPSA) is 84.0 Å². The summed E-state index contributed by atoms with van der Waals surface area (Å²) in [4.78, 5) is 33.6. The van der Waals surface area contributed by atoms with E-state index in [9.17, 15) is 14.0 Å². The third kappa shape index (κ3) is 4.28. The molecule has 0 fully saturated rings. The molecule has 0 aliphatic heterocycles. The van der Waals surface area contributed by atoms with Gasteiger partial charge in [-0.2, -0.15) is 0 Å². The third-order valence-electron chi connectivity index (χ3n) is 5.03. The first kappa shape index (κ1) is 20.7. The van der Waals surface area contributed by atoms with Crippen molar-refractivity contribution in [3.05, 3.63) is 84.2 Å². The fourth-order valence-electron chi connectivity index (χ4n) is 3.54. The average Bonchev–Trinajstić information content (AvgIpc) is 3.19. The lowest BCUT2D eigenvalue weighted by molar-refractivity contribution is -0.114. The molecule has 162 valence electrons. The number of nitrogens with one attached hydrogen (secondary N) is 2. The van der Waals surface area contributed by atoms with Crippen molar-refractivity contribution in [2.45, 2.75) is 6.92 Å². The number of para-hydroxylation sites is 1. The molecule has 3 aromatic carbocycles. The van der Waals surface area contributed by atoms with Gasteiger partial charge >= 0.3 is 0 Å². The van der Waals surface area contributed by atoms with Crippen molar-refractivity contribution in [3.8, 4) is 11.3 Å². The summed E-state index contributed by atoms with van der Waals surface area (Å²) in [5, 5.41) is 6.84. The lowest BCUT2D eigenvalue weighted by Gasteiger charge is -2.11. The highest BCUT2D eigenvalue weighted by molar-refractivity contribution is 7.22. The summed E-state index contributed by atoms with van der Waals surface area (Å²) >= 11 is 1.33. The molecule has 0 aliphatic carbocycles. The van der Waals surface area contributed by atoms with Crippen molar-refractivity contribution in [2.24, 2.45) is 0 Å². The Labute approximate surface area is 192 Å². The number of aromatic nitrogens is 2. The minimum atomic E-state index is -0.336. The molecule has 5 rings (SSSR count). The van der Waals surface area contributed by atoms with Crippen LogP contribution in [-0.2, 0) is 4.79 Å². The van der Waals surface area contributed by atoms with Gasteiger partial charge in [-0.1, -0.05) is 29.5 Å². The highest BCUT2D eigenvalue weighted by Crippen LogP contribution is 2.30. The zero-order valence-corrected chi connectivity index (χ0v) is 18.2. The van der Waals surface area contributed by atoms with Crippen LogP contribution in [0.4, 0.5) is 15.2 Å². The largest absolute Gasteiger partial charge is 0.322 e. The van der Waals surface area contributed by atoms with Gasteiger partial charge in [0, 0.05) is 23.6 Å². The van der Waals surface area contributed by atoms with Crippen molar-refractivity contribution in [1.29, 1.82) is 0 Å². The Hall–Kier alpha value is -4.17. The van der Waals surface area contributed by atoms with E-state index < -0.39 is 0 Å². The smallest absolute Gasteiger partial charge is 0.256 e. The van der Waals surface area contributed by atoms with Gasteiger partial charge in [0.1, 0.15) is 5.82 Å². The molecule has 0 bridgehead atoms. The number of carbonyl (C=O) groups is 2. The summed E-state index contributed by atoms with van der Waals surface area (Å²) in [6.07, 6.45) is 0. The molecule has 0 saturated carbocycles. The predicted octanol–water partition coefficient (Wildman–Crippen LogP) is 5.86. The van der Waals surface area contributed by atoms with Crippen LogP contribution in [-0.4, -0.2) is 21.8 Å². The van der Waals surface area contributed by atoms with Crippen LogP contribution in [0.15, 0.2) is 72.8 Å². The maximum Gasteiger partial charge on any atom is 0.256 e. The Morgan fingerprint density at radius 2 is 1.67 bits per heavy atom. The number of amides is 2. The first-order valence-corrected chi connectivity index (χ1v) is 10.9. The van der Waals surface area contributed by atoms with Crippen molar-refractivity contribution < 1.29 is 14.0 Å². The molecule has 0 spiro atoms. The molecule has 0 atom stereocenters. The van der Waals surface area contributed by atoms with Crippen LogP contribution < -0.4 is 10.6 Å². The predicted molar refractivity (Wildman–Crippen MR) is 129 cm³/mol. The highest BCUT2D eigenvalue weighted by atomic mass is 32.1. The Morgan fingerprint density at radius 3 is 2.45 bits per heavy atom. The summed E-state index contributed by atoms with van der Waals surface area (Å²) in [7, 11) is 0. The average molecular weight is 457 g/mol. The van der Waals surface area contributed by atoms with Gasteiger partial charge in [0.05, 0.1) is 27.0 Å². The molecule has 2 heterocycles. The molecular weight excluding hydrogens is 439 g/mol. The Kier molecular flexibility index (Phi) is 5.27. The van der Waals surface area contributed by atoms with Crippen LogP contribution in [0.25, 0.3) is 32.4 Å². The molecule has 5 aromatic rings. The van der Waals surface area contributed by atoms with E-state index in [-0.39, 0.29) is 17.6 Å². The standard InChI is InChI=1S/C25H17FN4O2S/c1-14(31)27-25-30-21-11-10-17(12-23(21)33-25)28-24(32)19-13-22(15-6-8-16(26)9-7-15)29-20-5-3-2-4-18(19)20/h2-13H,1H3,(H,28,32)(H,27,30,31). The first-order valence-electron chi connectivity index (χ1n) is 10.1. The number of fused-ring (bicyclic) bond motifs is 2. The molecular formula is C25H17FN4O2S. The molecule has 0 radical (unpaired) electrons. The Balaban J connectivity index is 1.51. The van der Waals surface area contributed by atoms with E-state index in [1.807, 2.05) is 30.3 Å². The number of pyridine rings is 1. The number of halogens is 1. The van der Waals surface area contributed by atoms with Gasteiger partial charge in [-0.3, -0.25) is 9.59 Å². The van der Waals surface area contributed by atoms with Crippen LogP contribution in [0.5, 0.6) is 0 Å². The molecule has 33 heavy (non-hydrogen) atoms. The second-order valence-electron chi connectivity index (χ2n) is 7.42. The van der Waals surface area contributed by atoms with Gasteiger partial charge in [0.25, 0.3) is 5.91 Å². The summed E-state index contributed by atoms with van der Waals surface area (Å²) in [5.41, 5.74) is 3.76. The van der Waals surface area contributed by atoms with Crippen LogP contribution in [0.3, 0.4) is 0 Å². The normalized spacial score (nSPS) is 11.0. The number of rotatable bonds is 4. The van der Waals surface area contributed by atoms with Gasteiger partial charge in [0.2, 0.25) is 5.91 Å².